The Morgan fingerprint density at radius 1 is 1.32 bits per heavy atom. The summed E-state index contributed by atoms with van der Waals surface area (Å²) >= 11 is 0. The maximum absolute atomic E-state index is 12.1. The lowest BCUT2D eigenvalue weighted by Crippen LogP contribution is -2.48. The number of aliphatic imine (C=N–C) groups is 1. The number of hydrogen-bond donors (Lipinski definition) is 3. The van der Waals surface area contributed by atoms with Gasteiger partial charge in [-0.25, -0.2) is 4.79 Å². The molecule has 0 aliphatic carbocycles. The number of nitrogens with one attached hydrogen (secondary N) is 2. The summed E-state index contributed by atoms with van der Waals surface area (Å²) in [6, 6.07) is -0.130. The Bertz CT molecular complexity index is 542. The fourth-order valence-corrected chi connectivity index (χ4v) is 3.20. The number of rotatable bonds is 7. The second-order valence-electron chi connectivity index (χ2n) is 8.82. The van der Waals surface area contributed by atoms with Crippen LogP contribution in [0, 0.1) is 11.8 Å². The Kier molecular flexibility index (Phi) is 9.55. The molecule has 1 aliphatic heterocycles. The molecule has 2 atom stereocenters. The predicted molar refractivity (Wildman–Crippen MR) is 112 cm³/mol. The minimum Gasteiger partial charge on any atom is -0.444 e. The van der Waals surface area contributed by atoms with Gasteiger partial charge in [-0.1, -0.05) is 13.8 Å². The molecule has 0 bridgehead atoms. The highest BCUT2D eigenvalue weighted by Gasteiger charge is 2.25. The number of alkyl carbamates (subject to hydrolysis) is 1. The maximum Gasteiger partial charge on any atom is 0.407 e. The van der Waals surface area contributed by atoms with Gasteiger partial charge in [-0.2, -0.15) is 0 Å². The van der Waals surface area contributed by atoms with Gasteiger partial charge in [0.2, 0.25) is 5.91 Å². The lowest BCUT2D eigenvalue weighted by Gasteiger charge is -2.35. The van der Waals surface area contributed by atoms with E-state index in [-0.39, 0.29) is 23.8 Å². The Labute approximate surface area is 169 Å². The van der Waals surface area contributed by atoms with Crippen molar-refractivity contribution in [3.05, 3.63) is 0 Å². The molecule has 162 valence electrons. The molecular formula is C20H39N5O3. The van der Waals surface area contributed by atoms with E-state index in [4.69, 9.17) is 15.5 Å². The first-order chi connectivity index (χ1) is 13.0. The maximum atomic E-state index is 12.1. The van der Waals surface area contributed by atoms with Crippen LogP contribution in [0.25, 0.3) is 0 Å². The van der Waals surface area contributed by atoms with Gasteiger partial charge >= 0.3 is 6.09 Å². The molecule has 0 spiro atoms. The lowest BCUT2D eigenvalue weighted by molar-refractivity contribution is -0.119. The predicted octanol–water partition coefficient (Wildman–Crippen LogP) is 2.09. The summed E-state index contributed by atoms with van der Waals surface area (Å²) in [5, 5.41) is 6.26. The van der Waals surface area contributed by atoms with Crippen LogP contribution in [0.4, 0.5) is 4.79 Å². The van der Waals surface area contributed by atoms with Crippen LogP contribution in [0.5, 0.6) is 0 Å². The fraction of sp³-hybridized carbons (Fsp3) is 0.850. The van der Waals surface area contributed by atoms with E-state index in [1.165, 1.54) is 0 Å². The van der Waals surface area contributed by atoms with Crippen LogP contribution in [0.2, 0.25) is 0 Å². The van der Waals surface area contributed by atoms with Crippen LogP contribution in [-0.2, 0) is 9.53 Å². The second-order valence-corrected chi connectivity index (χ2v) is 8.82. The molecule has 2 amide bonds. The third-order valence-electron chi connectivity index (χ3n) is 4.59. The molecule has 8 nitrogen and oxygen atoms in total. The van der Waals surface area contributed by atoms with Crippen LogP contribution in [0.3, 0.4) is 0 Å². The molecule has 2 unspecified atom stereocenters. The van der Waals surface area contributed by atoms with Crippen molar-refractivity contribution >= 4 is 18.0 Å². The van der Waals surface area contributed by atoms with Crippen LogP contribution < -0.4 is 16.4 Å². The van der Waals surface area contributed by atoms with Gasteiger partial charge in [0.1, 0.15) is 5.60 Å². The largest absolute Gasteiger partial charge is 0.444 e. The van der Waals surface area contributed by atoms with Gasteiger partial charge in [0, 0.05) is 26.1 Å². The molecule has 0 aromatic carbocycles. The number of piperidine rings is 1. The molecular weight excluding hydrogens is 358 g/mol. The zero-order chi connectivity index (χ0) is 21.3. The van der Waals surface area contributed by atoms with Gasteiger partial charge in [0.15, 0.2) is 5.96 Å². The van der Waals surface area contributed by atoms with Gasteiger partial charge in [-0.15, -0.1) is 0 Å². The molecule has 1 saturated heterocycles. The summed E-state index contributed by atoms with van der Waals surface area (Å²) in [6.07, 6.45) is 2.00. The van der Waals surface area contributed by atoms with Gasteiger partial charge in [0.25, 0.3) is 0 Å². The van der Waals surface area contributed by atoms with Gasteiger partial charge in [-0.05, 0) is 52.4 Å². The number of hydrogen-bond acceptors (Lipinski definition) is 4. The number of primary amides is 1. The fourth-order valence-electron chi connectivity index (χ4n) is 3.20. The summed E-state index contributed by atoms with van der Waals surface area (Å²) in [4.78, 5) is 30.4. The molecule has 0 saturated carbocycles. The number of likely N-dealkylation sites (tertiary alicyclic amines) is 1. The molecule has 8 heteroatoms. The van der Waals surface area contributed by atoms with Gasteiger partial charge in [0.05, 0.1) is 12.6 Å². The Hall–Kier alpha value is -1.99. The normalized spacial score (nSPS) is 19.3. The van der Waals surface area contributed by atoms with Gasteiger partial charge < -0.3 is 26.0 Å². The Morgan fingerprint density at radius 3 is 2.54 bits per heavy atom. The van der Waals surface area contributed by atoms with Crippen molar-refractivity contribution in [2.45, 2.75) is 72.4 Å². The zero-order valence-corrected chi connectivity index (χ0v) is 18.4. The van der Waals surface area contributed by atoms with E-state index >= 15 is 0 Å². The highest BCUT2D eigenvalue weighted by molar-refractivity contribution is 5.80. The minimum absolute atomic E-state index is 0.130. The highest BCUT2D eigenvalue weighted by Crippen LogP contribution is 2.19. The summed E-state index contributed by atoms with van der Waals surface area (Å²) in [7, 11) is 0. The summed E-state index contributed by atoms with van der Waals surface area (Å²) in [6.45, 7) is 14.5. The van der Waals surface area contributed by atoms with Crippen LogP contribution in [-0.4, -0.2) is 60.7 Å². The third kappa shape index (κ3) is 9.28. The third-order valence-corrected chi connectivity index (χ3v) is 4.59. The van der Waals surface area contributed by atoms with Crippen molar-refractivity contribution in [2.75, 3.05) is 26.2 Å². The van der Waals surface area contributed by atoms with Crippen LogP contribution in [0.15, 0.2) is 4.99 Å². The first-order valence-corrected chi connectivity index (χ1v) is 10.3. The number of nitrogens with two attached hydrogens (primary N) is 1. The number of carbonyl (C=O) groups excluding carboxylic acids is 2. The molecule has 1 aliphatic rings. The number of nitrogens with zero attached hydrogens (tertiary/aromatic N) is 2. The minimum atomic E-state index is -0.535. The van der Waals surface area contributed by atoms with E-state index in [1.54, 1.807) is 0 Å². The molecule has 0 aromatic rings. The zero-order valence-electron chi connectivity index (χ0n) is 18.4. The molecule has 1 rings (SSSR count). The molecule has 1 heterocycles. The van der Waals surface area contributed by atoms with Crippen molar-refractivity contribution in [3.8, 4) is 0 Å². The summed E-state index contributed by atoms with van der Waals surface area (Å²) in [5.74, 6) is 1.03. The standard InChI is InChI=1S/C20H39N5O3/c1-7-22-18(25-10-8-9-15(13-25)11-17(21)26)23-12-16(14(2)3)24-19(27)28-20(4,5)6/h14-16H,7-13H2,1-6H3,(H2,21,26)(H,22,23)(H,24,27). The van der Waals surface area contributed by atoms with Crippen molar-refractivity contribution in [1.29, 1.82) is 0 Å². The van der Waals surface area contributed by atoms with Crippen LogP contribution in [0.1, 0.15) is 60.8 Å². The second kappa shape index (κ2) is 11.1. The molecule has 1 fully saturated rings. The van der Waals surface area contributed by atoms with Gasteiger partial charge in [-0.3, -0.25) is 9.79 Å². The monoisotopic (exact) mass is 397 g/mol. The smallest absolute Gasteiger partial charge is 0.407 e. The first-order valence-electron chi connectivity index (χ1n) is 10.3. The number of carbonyl (C=O) groups is 2. The van der Waals surface area contributed by atoms with E-state index in [2.05, 4.69) is 15.5 Å². The quantitative estimate of drug-likeness (QED) is 0.450. The van der Waals surface area contributed by atoms with E-state index < -0.39 is 11.7 Å². The van der Waals surface area contributed by atoms with Crippen molar-refractivity contribution in [2.24, 2.45) is 22.6 Å². The highest BCUT2D eigenvalue weighted by atomic mass is 16.6. The summed E-state index contributed by atoms with van der Waals surface area (Å²) in [5.41, 5.74) is 4.84. The average molecular weight is 398 g/mol. The van der Waals surface area contributed by atoms with E-state index in [0.29, 0.717) is 13.0 Å². The summed E-state index contributed by atoms with van der Waals surface area (Å²) < 4.78 is 5.37. The van der Waals surface area contributed by atoms with Crippen LogP contribution >= 0.6 is 0 Å². The molecule has 28 heavy (non-hydrogen) atoms. The lowest BCUT2D eigenvalue weighted by atomic mass is 9.95. The van der Waals surface area contributed by atoms with E-state index in [9.17, 15) is 9.59 Å². The SMILES string of the molecule is CCNC(=NCC(NC(=O)OC(C)(C)C)C(C)C)N1CCCC(CC(N)=O)C1. The topological polar surface area (TPSA) is 109 Å². The Morgan fingerprint density at radius 2 is 2.00 bits per heavy atom. The molecule has 0 radical (unpaired) electrons. The number of amides is 2. The molecule has 0 aromatic heterocycles. The van der Waals surface area contributed by atoms with Crippen molar-refractivity contribution in [1.82, 2.24) is 15.5 Å². The average Bonchev–Trinajstić information content (AvgIpc) is 2.55. The molecule has 4 N–H and O–H groups in total. The number of ether oxygens (including phenoxy) is 1. The first kappa shape index (κ1) is 24.0. The number of guanidine groups is 1. The van der Waals surface area contributed by atoms with Crippen molar-refractivity contribution in [3.63, 3.8) is 0 Å². The van der Waals surface area contributed by atoms with E-state index in [0.717, 1.165) is 38.4 Å². The Balaban J connectivity index is 2.78. The van der Waals surface area contributed by atoms with E-state index in [1.807, 2.05) is 41.5 Å². The van der Waals surface area contributed by atoms with Crippen molar-refractivity contribution < 1.29 is 14.3 Å².